The number of benzene rings is 1. The fraction of sp³-hybridized carbons (Fsp3) is 0.0769. The SMILES string of the molecule is Cc1nn2cc(-c3csc4ccccc34)nc2s1. The number of imidazole rings is 1. The average Bonchev–Trinajstić information content (AvgIpc) is 2.99. The molecule has 5 heteroatoms. The van der Waals surface area contributed by atoms with Crippen LogP contribution in [0.4, 0.5) is 0 Å². The summed E-state index contributed by atoms with van der Waals surface area (Å²) < 4.78 is 3.16. The molecule has 18 heavy (non-hydrogen) atoms. The minimum atomic E-state index is 0.956. The summed E-state index contributed by atoms with van der Waals surface area (Å²) in [6.45, 7) is 2.00. The van der Waals surface area contributed by atoms with Gasteiger partial charge < -0.3 is 0 Å². The molecule has 3 aromatic heterocycles. The van der Waals surface area contributed by atoms with Gasteiger partial charge in [0, 0.05) is 21.0 Å². The van der Waals surface area contributed by atoms with E-state index in [9.17, 15) is 0 Å². The van der Waals surface area contributed by atoms with E-state index in [1.165, 1.54) is 15.6 Å². The van der Waals surface area contributed by atoms with Gasteiger partial charge in [0.2, 0.25) is 4.96 Å². The number of rotatable bonds is 1. The Kier molecular flexibility index (Phi) is 2.06. The zero-order valence-electron chi connectivity index (χ0n) is 9.62. The van der Waals surface area contributed by atoms with Gasteiger partial charge in [-0.2, -0.15) is 5.10 Å². The number of aryl methyl sites for hydroxylation is 1. The lowest BCUT2D eigenvalue weighted by Gasteiger charge is -1.93. The first-order valence-corrected chi connectivity index (χ1v) is 7.30. The molecule has 4 aromatic rings. The van der Waals surface area contributed by atoms with Crippen molar-refractivity contribution in [3.8, 4) is 11.3 Å². The van der Waals surface area contributed by atoms with Crippen molar-refractivity contribution in [2.75, 3.05) is 0 Å². The molecule has 0 aliphatic heterocycles. The molecule has 3 heterocycles. The van der Waals surface area contributed by atoms with Crippen molar-refractivity contribution in [3.63, 3.8) is 0 Å². The Labute approximate surface area is 111 Å². The normalized spacial score (nSPS) is 11.6. The molecule has 3 nitrogen and oxygen atoms in total. The summed E-state index contributed by atoms with van der Waals surface area (Å²) >= 11 is 3.38. The maximum Gasteiger partial charge on any atom is 0.212 e. The highest BCUT2D eigenvalue weighted by atomic mass is 32.1. The lowest BCUT2D eigenvalue weighted by molar-refractivity contribution is 0.946. The van der Waals surface area contributed by atoms with Crippen LogP contribution in [0.2, 0.25) is 0 Å². The minimum Gasteiger partial charge on any atom is -0.217 e. The lowest BCUT2D eigenvalue weighted by Crippen LogP contribution is -1.79. The van der Waals surface area contributed by atoms with Gasteiger partial charge in [-0.15, -0.1) is 11.3 Å². The van der Waals surface area contributed by atoms with E-state index < -0.39 is 0 Å². The maximum atomic E-state index is 4.65. The van der Waals surface area contributed by atoms with Gasteiger partial charge in [-0.1, -0.05) is 29.5 Å². The first kappa shape index (κ1) is 10.2. The van der Waals surface area contributed by atoms with Crippen LogP contribution in [-0.4, -0.2) is 14.6 Å². The summed E-state index contributed by atoms with van der Waals surface area (Å²) in [7, 11) is 0. The molecule has 0 bridgehead atoms. The molecule has 0 amide bonds. The fourth-order valence-corrected chi connectivity index (χ4v) is 3.78. The Morgan fingerprint density at radius 2 is 2.11 bits per heavy atom. The molecule has 0 aliphatic rings. The van der Waals surface area contributed by atoms with Gasteiger partial charge >= 0.3 is 0 Å². The first-order valence-electron chi connectivity index (χ1n) is 5.61. The van der Waals surface area contributed by atoms with Crippen LogP contribution in [0.3, 0.4) is 0 Å². The van der Waals surface area contributed by atoms with Crippen molar-refractivity contribution in [2.45, 2.75) is 6.92 Å². The molecule has 0 aliphatic carbocycles. The zero-order valence-corrected chi connectivity index (χ0v) is 11.3. The van der Waals surface area contributed by atoms with Crippen molar-refractivity contribution in [1.29, 1.82) is 0 Å². The second kappa shape index (κ2) is 3.63. The summed E-state index contributed by atoms with van der Waals surface area (Å²) in [5.74, 6) is 0. The predicted molar refractivity (Wildman–Crippen MR) is 76.4 cm³/mol. The molecular weight excluding hydrogens is 262 g/mol. The quantitative estimate of drug-likeness (QED) is 0.524. The van der Waals surface area contributed by atoms with E-state index in [0.29, 0.717) is 0 Å². The molecule has 0 unspecified atom stereocenters. The van der Waals surface area contributed by atoms with E-state index in [4.69, 9.17) is 0 Å². The lowest BCUT2D eigenvalue weighted by atomic mass is 10.1. The molecular formula is C13H9N3S2. The molecule has 0 saturated carbocycles. The van der Waals surface area contributed by atoms with Crippen molar-refractivity contribution in [3.05, 3.63) is 40.8 Å². The highest BCUT2D eigenvalue weighted by Crippen LogP contribution is 2.33. The summed E-state index contributed by atoms with van der Waals surface area (Å²) in [5, 5.41) is 8.88. The standard InChI is InChI=1S/C13H9N3S2/c1-8-15-16-6-11(14-13(16)18-8)10-7-17-12-5-3-2-4-9(10)12/h2-7H,1H3. The van der Waals surface area contributed by atoms with Crippen molar-refractivity contribution < 1.29 is 0 Å². The molecule has 0 spiro atoms. The van der Waals surface area contributed by atoms with Gasteiger partial charge in [-0.3, -0.25) is 0 Å². The summed E-state index contributed by atoms with van der Waals surface area (Å²) in [4.78, 5) is 5.61. The Morgan fingerprint density at radius 1 is 1.22 bits per heavy atom. The van der Waals surface area contributed by atoms with Crippen LogP contribution in [0, 0.1) is 6.92 Å². The number of hydrogen-bond acceptors (Lipinski definition) is 4. The molecule has 0 saturated heterocycles. The van der Waals surface area contributed by atoms with Crippen LogP contribution in [0.25, 0.3) is 26.3 Å². The van der Waals surface area contributed by atoms with Crippen LogP contribution in [0.1, 0.15) is 5.01 Å². The van der Waals surface area contributed by atoms with E-state index in [1.54, 1.807) is 22.7 Å². The Hall–Kier alpha value is -1.72. The third kappa shape index (κ3) is 1.41. The van der Waals surface area contributed by atoms with Gasteiger partial charge in [-0.25, -0.2) is 9.50 Å². The number of nitrogens with zero attached hydrogens (tertiary/aromatic N) is 3. The second-order valence-corrected chi connectivity index (χ2v) is 6.19. The first-order chi connectivity index (χ1) is 8.81. The second-order valence-electron chi connectivity index (χ2n) is 4.12. The van der Waals surface area contributed by atoms with E-state index >= 15 is 0 Å². The molecule has 4 rings (SSSR count). The molecule has 0 N–H and O–H groups in total. The predicted octanol–water partition coefficient (Wildman–Crippen LogP) is 3.98. The van der Waals surface area contributed by atoms with Crippen molar-refractivity contribution >= 4 is 37.7 Å². The van der Waals surface area contributed by atoms with Crippen LogP contribution in [0.15, 0.2) is 35.8 Å². The monoisotopic (exact) mass is 271 g/mol. The van der Waals surface area contributed by atoms with E-state index in [1.807, 2.05) is 17.6 Å². The van der Waals surface area contributed by atoms with Crippen LogP contribution in [-0.2, 0) is 0 Å². The maximum absolute atomic E-state index is 4.65. The topological polar surface area (TPSA) is 30.2 Å². The van der Waals surface area contributed by atoms with E-state index in [-0.39, 0.29) is 0 Å². The third-order valence-corrected chi connectivity index (χ3v) is 4.70. The zero-order chi connectivity index (χ0) is 12.1. The van der Waals surface area contributed by atoms with E-state index in [2.05, 4.69) is 39.7 Å². The van der Waals surface area contributed by atoms with Gasteiger partial charge in [-0.05, 0) is 13.0 Å². The fourth-order valence-electron chi connectivity index (χ4n) is 2.11. The Balaban J connectivity index is 1.98. The van der Waals surface area contributed by atoms with E-state index in [0.717, 1.165) is 15.7 Å². The largest absolute Gasteiger partial charge is 0.217 e. The van der Waals surface area contributed by atoms with Gasteiger partial charge in [0.15, 0.2) is 0 Å². The average molecular weight is 271 g/mol. The smallest absolute Gasteiger partial charge is 0.212 e. The minimum absolute atomic E-state index is 0.956. The molecule has 0 radical (unpaired) electrons. The molecule has 0 fully saturated rings. The Morgan fingerprint density at radius 3 is 3.00 bits per heavy atom. The highest BCUT2D eigenvalue weighted by Gasteiger charge is 2.11. The summed E-state index contributed by atoms with van der Waals surface area (Å²) in [6, 6.07) is 8.43. The van der Waals surface area contributed by atoms with Crippen LogP contribution < -0.4 is 0 Å². The van der Waals surface area contributed by atoms with Crippen molar-refractivity contribution in [1.82, 2.24) is 14.6 Å². The highest BCUT2D eigenvalue weighted by molar-refractivity contribution is 7.17. The van der Waals surface area contributed by atoms with Gasteiger partial charge in [0.25, 0.3) is 0 Å². The summed E-state index contributed by atoms with van der Waals surface area (Å²) in [6.07, 6.45) is 2.01. The number of hydrogen-bond donors (Lipinski definition) is 0. The molecule has 0 atom stereocenters. The number of fused-ring (bicyclic) bond motifs is 2. The van der Waals surface area contributed by atoms with Crippen LogP contribution in [0.5, 0.6) is 0 Å². The number of aromatic nitrogens is 3. The Bertz CT molecular complexity index is 822. The molecule has 1 aromatic carbocycles. The van der Waals surface area contributed by atoms with Crippen molar-refractivity contribution in [2.24, 2.45) is 0 Å². The summed E-state index contributed by atoms with van der Waals surface area (Å²) in [5.41, 5.74) is 2.21. The van der Waals surface area contributed by atoms with Gasteiger partial charge in [0.1, 0.15) is 5.01 Å². The number of thiophene rings is 1. The third-order valence-electron chi connectivity index (χ3n) is 2.90. The molecule has 88 valence electrons. The van der Waals surface area contributed by atoms with Gasteiger partial charge in [0.05, 0.1) is 11.9 Å². The van der Waals surface area contributed by atoms with Crippen LogP contribution >= 0.6 is 22.7 Å².